The molecule has 3 rings (SSSR count). The second kappa shape index (κ2) is 7.13. The van der Waals surface area contributed by atoms with E-state index in [2.05, 4.69) is 5.32 Å². The van der Waals surface area contributed by atoms with Crippen LogP contribution in [-0.2, 0) is 11.8 Å². The van der Waals surface area contributed by atoms with Gasteiger partial charge < -0.3 is 10.4 Å². The Morgan fingerprint density at radius 1 is 0.958 bits per heavy atom. The first kappa shape index (κ1) is 18.8. The van der Waals surface area contributed by atoms with E-state index in [1.807, 2.05) is 0 Å². The zero-order valence-electron chi connectivity index (χ0n) is 12.9. The van der Waals surface area contributed by atoms with E-state index in [1.165, 1.54) is 12.1 Å². The number of nitrogens with one attached hydrogen (secondary N) is 1. The van der Waals surface area contributed by atoms with Gasteiger partial charge in [-0.1, -0.05) is 36.4 Å². The van der Waals surface area contributed by atoms with Crippen molar-refractivity contribution >= 4 is 12.4 Å². The lowest BCUT2D eigenvalue weighted by Gasteiger charge is -2.33. The summed E-state index contributed by atoms with van der Waals surface area (Å²) in [5.41, 5.74) is -0.348. The minimum atomic E-state index is -4.40. The third kappa shape index (κ3) is 3.74. The van der Waals surface area contributed by atoms with E-state index in [0.29, 0.717) is 37.1 Å². The minimum Gasteiger partial charge on any atom is -0.385 e. The van der Waals surface area contributed by atoms with Crippen LogP contribution in [0.15, 0.2) is 48.5 Å². The molecule has 0 saturated carbocycles. The molecule has 1 fully saturated rings. The molecular weight excluding hydrogens is 339 g/mol. The van der Waals surface area contributed by atoms with Gasteiger partial charge in [-0.3, -0.25) is 0 Å². The van der Waals surface area contributed by atoms with Gasteiger partial charge in [0.1, 0.15) is 0 Å². The number of hydrogen-bond acceptors (Lipinski definition) is 2. The van der Waals surface area contributed by atoms with E-state index >= 15 is 0 Å². The molecule has 1 saturated heterocycles. The molecule has 2 N–H and O–H groups in total. The predicted octanol–water partition coefficient (Wildman–Crippen LogP) is 4.37. The summed E-state index contributed by atoms with van der Waals surface area (Å²) in [5.74, 6) is 0. The molecule has 0 bridgehead atoms. The van der Waals surface area contributed by atoms with Crippen LogP contribution in [0.1, 0.15) is 24.0 Å². The van der Waals surface area contributed by atoms with Crippen LogP contribution in [0.2, 0.25) is 0 Å². The SMILES string of the molecule is Cl.OC1(c2cccc(-c3ccccc3C(F)(F)F)c2)CCNCC1. The molecule has 2 aromatic rings. The Morgan fingerprint density at radius 2 is 1.62 bits per heavy atom. The van der Waals surface area contributed by atoms with Gasteiger partial charge in [-0.05, 0) is 54.8 Å². The molecule has 0 unspecified atom stereocenters. The predicted molar refractivity (Wildman–Crippen MR) is 90.1 cm³/mol. The van der Waals surface area contributed by atoms with E-state index in [9.17, 15) is 18.3 Å². The van der Waals surface area contributed by atoms with E-state index in [-0.39, 0.29) is 18.0 Å². The van der Waals surface area contributed by atoms with Crippen LogP contribution >= 0.6 is 12.4 Å². The van der Waals surface area contributed by atoms with E-state index in [4.69, 9.17) is 0 Å². The quantitative estimate of drug-likeness (QED) is 0.836. The van der Waals surface area contributed by atoms with Crippen molar-refractivity contribution in [1.82, 2.24) is 5.32 Å². The molecule has 1 aliphatic rings. The monoisotopic (exact) mass is 357 g/mol. The number of piperidine rings is 1. The fraction of sp³-hybridized carbons (Fsp3) is 0.333. The summed E-state index contributed by atoms with van der Waals surface area (Å²) >= 11 is 0. The maximum atomic E-state index is 13.2. The van der Waals surface area contributed by atoms with E-state index < -0.39 is 17.3 Å². The summed E-state index contributed by atoms with van der Waals surface area (Å²) < 4.78 is 39.6. The topological polar surface area (TPSA) is 32.3 Å². The highest BCUT2D eigenvalue weighted by molar-refractivity contribution is 5.85. The van der Waals surface area contributed by atoms with Crippen LogP contribution in [0.25, 0.3) is 11.1 Å². The molecule has 6 heteroatoms. The highest BCUT2D eigenvalue weighted by atomic mass is 35.5. The number of benzene rings is 2. The molecule has 1 aliphatic heterocycles. The first-order valence-electron chi connectivity index (χ1n) is 7.60. The van der Waals surface area contributed by atoms with Crippen LogP contribution in [-0.4, -0.2) is 18.2 Å². The van der Waals surface area contributed by atoms with Gasteiger partial charge in [0.15, 0.2) is 0 Å². The van der Waals surface area contributed by atoms with Gasteiger partial charge in [0.2, 0.25) is 0 Å². The Morgan fingerprint density at radius 3 is 2.29 bits per heavy atom. The number of halogens is 4. The summed E-state index contributed by atoms with van der Waals surface area (Å²) in [6.45, 7) is 1.39. The molecule has 0 spiro atoms. The van der Waals surface area contributed by atoms with E-state index in [1.54, 1.807) is 30.3 Å². The zero-order chi connectivity index (χ0) is 16.5. The first-order valence-corrected chi connectivity index (χ1v) is 7.60. The Balaban J connectivity index is 0.00000208. The van der Waals surface area contributed by atoms with Crippen molar-refractivity contribution in [3.63, 3.8) is 0 Å². The highest BCUT2D eigenvalue weighted by Crippen LogP contribution is 2.38. The van der Waals surface area contributed by atoms with Crippen molar-refractivity contribution < 1.29 is 18.3 Å². The molecule has 2 aromatic carbocycles. The summed E-state index contributed by atoms with van der Waals surface area (Å²) in [6.07, 6.45) is -3.30. The Hall–Kier alpha value is -1.56. The number of rotatable bonds is 2. The van der Waals surface area contributed by atoms with Crippen molar-refractivity contribution in [2.45, 2.75) is 24.6 Å². The normalized spacial score (nSPS) is 17.2. The van der Waals surface area contributed by atoms with E-state index in [0.717, 1.165) is 6.07 Å². The van der Waals surface area contributed by atoms with Gasteiger partial charge in [-0.15, -0.1) is 12.4 Å². The number of alkyl halides is 3. The van der Waals surface area contributed by atoms with Crippen molar-refractivity contribution in [3.05, 3.63) is 59.7 Å². The molecular formula is C18H19ClF3NO. The van der Waals surface area contributed by atoms with Crippen molar-refractivity contribution in [1.29, 1.82) is 0 Å². The molecule has 24 heavy (non-hydrogen) atoms. The molecule has 0 aliphatic carbocycles. The van der Waals surface area contributed by atoms with Crippen molar-refractivity contribution in [2.24, 2.45) is 0 Å². The van der Waals surface area contributed by atoms with Gasteiger partial charge in [0.05, 0.1) is 11.2 Å². The molecule has 2 nitrogen and oxygen atoms in total. The standard InChI is InChI=1S/C18H18F3NO.ClH/c19-18(20,21)16-7-2-1-6-15(16)13-4-3-5-14(12-13)17(23)8-10-22-11-9-17;/h1-7,12,22-23H,8-11H2;1H. The Kier molecular flexibility index (Phi) is 5.58. The second-order valence-corrected chi connectivity index (χ2v) is 5.91. The second-order valence-electron chi connectivity index (χ2n) is 5.91. The minimum absolute atomic E-state index is 0. The van der Waals surface area contributed by atoms with Crippen LogP contribution in [0.4, 0.5) is 13.2 Å². The van der Waals surface area contributed by atoms with Crippen molar-refractivity contribution in [3.8, 4) is 11.1 Å². The fourth-order valence-corrected chi connectivity index (χ4v) is 3.09. The van der Waals surface area contributed by atoms with Gasteiger partial charge in [-0.25, -0.2) is 0 Å². The number of hydrogen-bond donors (Lipinski definition) is 2. The third-order valence-electron chi connectivity index (χ3n) is 4.37. The molecule has 1 heterocycles. The number of aliphatic hydroxyl groups is 1. The van der Waals surface area contributed by atoms with Crippen LogP contribution in [0.3, 0.4) is 0 Å². The zero-order valence-corrected chi connectivity index (χ0v) is 13.8. The fourth-order valence-electron chi connectivity index (χ4n) is 3.09. The summed E-state index contributed by atoms with van der Waals surface area (Å²) in [4.78, 5) is 0. The summed E-state index contributed by atoms with van der Waals surface area (Å²) in [5, 5.41) is 14.0. The molecule has 0 radical (unpaired) electrons. The van der Waals surface area contributed by atoms with Gasteiger partial charge in [0.25, 0.3) is 0 Å². The average Bonchev–Trinajstić information content (AvgIpc) is 2.55. The van der Waals surface area contributed by atoms with Gasteiger partial charge in [-0.2, -0.15) is 13.2 Å². The Bertz CT molecular complexity index is 697. The van der Waals surface area contributed by atoms with Crippen LogP contribution in [0.5, 0.6) is 0 Å². The van der Waals surface area contributed by atoms with Gasteiger partial charge in [0, 0.05) is 0 Å². The molecule has 130 valence electrons. The smallest absolute Gasteiger partial charge is 0.385 e. The molecule has 0 aromatic heterocycles. The lowest BCUT2D eigenvalue weighted by atomic mass is 9.83. The lowest BCUT2D eigenvalue weighted by molar-refractivity contribution is -0.137. The third-order valence-corrected chi connectivity index (χ3v) is 4.37. The summed E-state index contributed by atoms with van der Waals surface area (Å²) in [7, 11) is 0. The van der Waals surface area contributed by atoms with Crippen molar-refractivity contribution in [2.75, 3.05) is 13.1 Å². The Labute approximate surface area is 145 Å². The maximum Gasteiger partial charge on any atom is 0.417 e. The first-order chi connectivity index (χ1) is 10.9. The van der Waals surface area contributed by atoms with Crippen LogP contribution in [0, 0.1) is 0 Å². The molecule has 0 atom stereocenters. The summed E-state index contributed by atoms with van der Waals surface area (Å²) in [6, 6.07) is 12.3. The van der Waals surface area contributed by atoms with Gasteiger partial charge >= 0.3 is 6.18 Å². The molecule has 0 amide bonds. The lowest BCUT2D eigenvalue weighted by Crippen LogP contribution is -2.39. The maximum absolute atomic E-state index is 13.2. The average molecular weight is 358 g/mol. The highest BCUT2D eigenvalue weighted by Gasteiger charge is 2.34. The largest absolute Gasteiger partial charge is 0.417 e. The van der Waals surface area contributed by atoms with Crippen LogP contribution < -0.4 is 5.32 Å².